The molecule has 0 aliphatic carbocycles. The first kappa shape index (κ1) is 28.4. The molecule has 10 nitrogen and oxygen atoms in total. The lowest BCUT2D eigenvalue weighted by Crippen LogP contribution is -2.37. The SMILES string of the molecule is CN(C)CC1CCN(c2cc(NSCCO)ccc2-c2nnc(-c3ccnc(N4CCCC(C=O)C4)c3)o2)CC1. The quantitative estimate of drug-likeness (QED) is 0.200. The van der Waals surface area contributed by atoms with Crippen molar-refractivity contribution in [1.82, 2.24) is 20.1 Å². The average molecular weight is 566 g/mol. The van der Waals surface area contributed by atoms with E-state index in [9.17, 15) is 9.90 Å². The van der Waals surface area contributed by atoms with Crippen LogP contribution in [0.25, 0.3) is 22.9 Å². The molecule has 2 aromatic heterocycles. The maximum atomic E-state index is 11.3. The Labute approximate surface area is 240 Å². The number of nitrogens with one attached hydrogen (secondary N) is 1. The first-order valence-corrected chi connectivity index (χ1v) is 15.1. The van der Waals surface area contributed by atoms with Gasteiger partial charge in [0.2, 0.25) is 11.8 Å². The first-order chi connectivity index (χ1) is 19.5. The summed E-state index contributed by atoms with van der Waals surface area (Å²) in [6.45, 7) is 4.71. The van der Waals surface area contributed by atoms with Gasteiger partial charge in [-0.05, 0) is 76.0 Å². The zero-order valence-electron chi connectivity index (χ0n) is 23.3. The van der Waals surface area contributed by atoms with Crippen LogP contribution in [0.15, 0.2) is 40.9 Å². The van der Waals surface area contributed by atoms with Gasteiger partial charge in [-0.3, -0.25) is 0 Å². The number of aromatic nitrogens is 3. The Hall–Kier alpha value is -3.15. The second-order valence-electron chi connectivity index (χ2n) is 10.9. The van der Waals surface area contributed by atoms with Gasteiger partial charge in [0.1, 0.15) is 12.1 Å². The Kier molecular flexibility index (Phi) is 9.56. The number of aliphatic hydroxyl groups is 1. The maximum absolute atomic E-state index is 11.3. The molecule has 2 aliphatic rings. The minimum Gasteiger partial charge on any atom is -0.416 e. The van der Waals surface area contributed by atoms with Crippen LogP contribution in [0.5, 0.6) is 0 Å². The lowest BCUT2D eigenvalue weighted by molar-refractivity contribution is -0.111. The van der Waals surface area contributed by atoms with E-state index in [1.165, 1.54) is 11.9 Å². The molecule has 1 unspecified atom stereocenters. The largest absolute Gasteiger partial charge is 0.416 e. The van der Waals surface area contributed by atoms with Gasteiger partial charge in [-0.2, -0.15) is 0 Å². The summed E-state index contributed by atoms with van der Waals surface area (Å²) < 4.78 is 9.60. The summed E-state index contributed by atoms with van der Waals surface area (Å²) in [5.41, 5.74) is 3.75. The molecule has 4 heterocycles. The molecule has 1 aromatic carbocycles. The van der Waals surface area contributed by atoms with Crippen LogP contribution in [0, 0.1) is 11.8 Å². The Balaban J connectivity index is 1.39. The number of nitrogens with zero attached hydrogens (tertiary/aromatic N) is 6. The number of hydrogen-bond acceptors (Lipinski definition) is 11. The zero-order valence-corrected chi connectivity index (χ0v) is 24.1. The molecule has 2 saturated heterocycles. The molecule has 5 rings (SSSR count). The normalized spacial score (nSPS) is 18.4. The van der Waals surface area contributed by atoms with Crippen molar-refractivity contribution in [2.24, 2.45) is 11.8 Å². The molecular formula is C29H39N7O3S. The highest BCUT2D eigenvalue weighted by atomic mass is 32.2. The van der Waals surface area contributed by atoms with E-state index in [0.29, 0.717) is 30.0 Å². The van der Waals surface area contributed by atoms with Crippen molar-refractivity contribution < 1.29 is 14.3 Å². The van der Waals surface area contributed by atoms with E-state index in [4.69, 9.17) is 4.42 Å². The monoisotopic (exact) mass is 565 g/mol. The number of pyridine rings is 1. The summed E-state index contributed by atoms with van der Waals surface area (Å²) in [6.07, 6.45) is 6.97. The number of rotatable bonds is 11. The number of piperidine rings is 2. The van der Waals surface area contributed by atoms with Crippen molar-refractivity contribution in [3.05, 3.63) is 36.5 Å². The average Bonchev–Trinajstić information content (AvgIpc) is 3.48. The zero-order chi connectivity index (χ0) is 27.9. The van der Waals surface area contributed by atoms with Gasteiger partial charge >= 0.3 is 0 Å². The standard InChI is InChI=1S/C29H39N7O3S/c1-34(2)18-21-8-12-35(13-9-21)26-17-24(33-40-15-14-37)5-6-25(26)29-32-31-28(39-29)23-7-10-30-27(16-23)36-11-3-4-22(19-36)20-38/h5-7,10,16-17,20-22,33,37H,3-4,8-9,11-15,18-19H2,1-2H3. The predicted molar refractivity (Wildman–Crippen MR) is 161 cm³/mol. The number of aldehydes is 1. The molecule has 0 bridgehead atoms. The third-order valence-electron chi connectivity index (χ3n) is 7.58. The van der Waals surface area contributed by atoms with Gasteiger partial charge in [0.25, 0.3) is 0 Å². The summed E-state index contributed by atoms with van der Waals surface area (Å²) in [5, 5.41) is 18.0. The molecule has 0 saturated carbocycles. The molecule has 2 N–H and O–H groups in total. The Bertz CT molecular complexity index is 1260. The van der Waals surface area contributed by atoms with Crippen LogP contribution in [0.1, 0.15) is 25.7 Å². The molecule has 0 radical (unpaired) electrons. The van der Waals surface area contributed by atoms with E-state index in [2.05, 4.69) is 54.8 Å². The fraction of sp³-hybridized carbons (Fsp3) is 0.517. The molecule has 2 aliphatic heterocycles. The number of anilines is 3. The predicted octanol–water partition coefficient (Wildman–Crippen LogP) is 4.04. The van der Waals surface area contributed by atoms with Crippen LogP contribution in [0.4, 0.5) is 17.2 Å². The highest BCUT2D eigenvalue weighted by molar-refractivity contribution is 8.00. The van der Waals surface area contributed by atoms with E-state index in [1.807, 2.05) is 24.3 Å². The minimum absolute atomic E-state index is 0.0417. The number of hydrogen-bond donors (Lipinski definition) is 2. The fourth-order valence-electron chi connectivity index (χ4n) is 5.59. The van der Waals surface area contributed by atoms with Crippen molar-refractivity contribution in [3.63, 3.8) is 0 Å². The highest BCUT2D eigenvalue weighted by Crippen LogP contribution is 2.37. The lowest BCUT2D eigenvalue weighted by Gasteiger charge is -2.35. The van der Waals surface area contributed by atoms with Gasteiger partial charge in [-0.25, -0.2) is 4.98 Å². The minimum atomic E-state index is 0.0417. The summed E-state index contributed by atoms with van der Waals surface area (Å²) in [7, 11) is 4.27. The molecule has 3 aromatic rings. The Morgan fingerprint density at radius 3 is 2.70 bits per heavy atom. The van der Waals surface area contributed by atoms with E-state index in [-0.39, 0.29) is 12.5 Å². The molecule has 40 heavy (non-hydrogen) atoms. The van der Waals surface area contributed by atoms with E-state index in [0.717, 1.165) is 86.5 Å². The molecule has 0 amide bonds. The van der Waals surface area contributed by atoms with Gasteiger partial charge in [-0.1, -0.05) is 11.9 Å². The maximum Gasteiger partial charge on any atom is 0.250 e. The smallest absolute Gasteiger partial charge is 0.250 e. The number of benzene rings is 1. The van der Waals surface area contributed by atoms with E-state index >= 15 is 0 Å². The summed E-state index contributed by atoms with van der Waals surface area (Å²) in [6, 6.07) is 10.0. The van der Waals surface area contributed by atoms with Crippen LogP contribution in [0.2, 0.25) is 0 Å². The van der Waals surface area contributed by atoms with E-state index < -0.39 is 0 Å². The summed E-state index contributed by atoms with van der Waals surface area (Å²) in [4.78, 5) is 22.7. The molecule has 1 atom stereocenters. The van der Waals surface area contributed by atoms with Crippen molar-refractivity contribution in [2.75, 3.05) is 73.7 Å². The van der Waals surface area contributed by atoms with Crippen LogP contribution in [-0.2, 0) is 4.79 Å². The fourth-order valence-corrected chi connectivity index (χ4v) is 6.08. The summed E-state index contributed by atoms with van der Waals surface area (Å²) in [5.74, 6) is 3.09. The van der Waals surface area contributed by atoms with Crippen LogP contribution in [-0.4, -0.2) is 90.7 Å². The van der Waals surface area contributed by atoms with Gasteiger partial charge in [0.15, 0.2) is 0 Å². The van der Waals surface area contributed by atoms with Crippen LogP contribution in [0.3, 0.4) is 0 Å². The van der Waals surface area contributed by atoms with Crippen molar-refractivity contribution in [1.29, 1.82) is 0 Å². The third-order valence-corrected chi connectivity index (χ3v) is 8.35. The lowest BCUT2D eigenvalue weighted by atomic mass is 9.95. The van der Waals surface area contributed by atoms with Gasteiger partial charge in [-0.15, -0.1) is 10.2 Å². The Morgan fingerprint density at radius 2 is 1.93 bits per heavy atom. The van der Waals surface area contributed by atoms with Crippen LogP contribution < -0.4 is 14.5 Å². The van der Waals surface area contributed by atoms with Crippen molar-refractivity contribution in [3.8, 4) is 22.9 Å². The highest BCUT2D eigenvalue weighted by Gasteiger charge is 2.25. The van der Waals surface area contributed by atoms with Gasteiger partial charge in [0.05, 0.1) is 17.9 Å². The van der Waals surface area contributed by atoms with Gasteiger partial charge < -0.3 is 33.7 Å². The molecule has 214 valence electrons. The number of carbonyl (C=O) groups is 1. The topological polar surface area (TPSA) is 111 Å². The second-order valence-corrected chi connectivity index (χ2v) is 11.8. The molecule has 2 fully saturated rings. The number of carbonyl (C=O) groups excluding carboxylic acids is 1. The molecule has 0 spiro atoms. The van der Waals surface area contributed by atoms with Crippen molar-refractivity contribution in [2.45, 2.75) is 25.7 Å². The van der Waals surface area contributed by atoms with Gasteiger partial charge in [0, 0.05) is 61.8 Å². The van der Waals surface area contributed by atoms with Crippen LogP contribution >= 0.6 is 11.9 Å². The van der Waals surface area contributed by atoms with Crippen molar-refractivity contribution >= 4 is 35.4 Å². The molecule has 11 heteroatoms. The third kappa shape index (κ3) is 6.94. The summed E-state index contributed by atoms with van der Waals surface area (Å²) >= 11 is 1.48. The first-order valence-electron chi connectivity index (χ1n) is 14.1. The van der Waals surface area contributed by atoms with E-state index in [1.54, 1.807) is 6.20 Å². The molecular weight excluding hydrogens is 526 g/mol. The number of aliphatic hydroxyl groups excluding tert-OH is 1. The second kappa shape index (κ2) is 13.5. The Morgan fingerprint density at radius 1 is 1.10 bits per heavy atom.